The first-order valence-corrected chi connectivity index (χ1v) is 12.2. The molecule has 0 aliphatic carbocycles. The van der Waals surface area contributed by atoms with E-state index in [1.807, 2.05) is 60.7 Å². The summed E-state index contributed by atoms with van der Waals surface area (Å²) in [5, 5.41) is 16.9. The van der Waals surface area contributed by atoms with Crippen LogP contribution in [0.2, 0.25) is 0 Å². The van der Waals surface area contributed by atoms with Gasteiger partial charge in [-0.05, 0) is 60.2 Å². The minimum Gasteiger partial charge on any atom is -0.497 e. The molecule has 35 heavy (non-hydrogen) atoms. The van der Waals surface area contributed by atoms with Gasteiger partial charge in [-0.2, -0.15) is 0 Å². The number of hydrogen-bond donors (Lipinski definition) is 2. The fourth-order valence-electron chi connectivity index (χ4n) is 4.02. The van der Waals surface area contributed by atoms with Crippen LogP contribution in [0.5, 0.6) is 5.75 Å². The van der Waals surface area contributed by atoms with Crippen LogP contribution in [-0.2, 0) is 14.8 Å². The lowest BCUT2D eigenvalue weighted by molar-refractivity contribution is -0.117. The number of benzene rings is 3. The van der Waals surface area contributed by atoms with Crippen molar-refractivity contribution in [3.63, 3.8) is 0 Å². The first-order chi connectivity index (χ1) is 16.8. The minimum atomic E-state index is -3.95. The molecule has 0 saturated heterocycles. The van der Waals surface area contributed by atoms with Gasteiger partial charge in [-0.1, -0.05) is 30.3 Å². The number of carbonyl (C=O) groups excluding carboxylic acids is 1. The Morgan fingerprint density at radius 2 is 1.69 bits per heavy atom. The zero-order valence-corrected chi connectivity index (χ0v) is 19.4. The van der Waals surface area contributed by atoms with E-state index < -0.39 is 16.1 Å². The summed E-state index contributed by atoms with van der Waals surface area (Å²) < 4.78 is 28.9. The maximum absolute atomic E-state index is 13.3. The lowest BCUT2D eigenvalue weighted by Crippen LogP contribution is -2.39. The maximum Gasteiger partial charge on any atom is 0.252 e. The fourth-order valence-corrected chi connectivity index (χ4v) is 4.56. The fraction of sp³-hybridized carbons (Fsp3) is 0.0800. The molecule has 0 bridgehead atoms. The number of anilines is 3. The smallest absolute Gasteiger partial charge is 0.252 e. The van der Waals surface area contributed by atoms with Gasteiger partial charge >= 0.3 is 0 Å². The number of primary sulfonamides is 1. The van der Waals surface area contributed by atoms with Crippen molar-refractivity contribution in [2.45, 2.75) is 10.9 Å². The SMILES string of the molecule is COc1ccc(-c2ccc(N3c4ccc(S(N)(=O)=O)cc4NC(=O)C3c3ccccc3)nn2)cc1. The summed E-state index contributed by atoms with van der Waals surface area (Å²) in [5.41, 5.74) is 3.14. The number of nitrogens with zero attached hydrogens (tertiary/aromatic N) is 3. The van der Waals surface area contributed by atoms with Gasteiger partial charge in [-0.3, -0.25) is 4.79 Å². The second kappa shape index (κ2) is 8.82. The van der Waals surface area contributed by atoms with E-state index in [-0.39, 0.29) is 10.8 Å². The molecular weight excluding hydrogens is 466 g/mol. The number of nitrogens with two attached hydrogens (primary N) is 1. The highest BCUT2D eigenvalue weighted by Crippen LogP contribution is 2.43. The van der Waals surface area contributed by atoms with Crippen LogP contribution in [0.15, 0.2) is 89.8 Å². The minimum absolute atomic E-state index is 0.101. The van der Waals surface area contributed by atoms with E-state index in [9.17, 15) is 13.2 Å². The van der Waals surface area contributed by atoms with Crippen molar-refractivity contribution in [3.05, 3.63) is 90.5 Å². The summed E-state index contributed by atoms with van der Waals surface area (Å²) in [4.78, 5) is 14.9. The van der Waals surface area contributed by atoms with Crippen LogP contribution in [0.1, 0.15) is 11.6 Å². The number of fused-ring (bicyclic) bond motifs is 1. The average Bonchev–Trinajstić information content (AvgIpc) is 2.87. The molecule has 10 heteroatoms. The molecule has 2 heterocycles. The van der Waals surface area contributed by atoms with Gasteiger partial charge in [0.15, 0.2) is 5.82 Å². The molecule has 1 atom stereocenters. The van der Waals surface area contributed by atoms with Gasteiger partial charge < -0.3 is 15.0 Å². The van der Waals surface area contributed by atoms with Crippen molar-refractivity contribution in [2.24, 2.45) is 5.14 Å². The van der Waals surface area contributed by atoms with Crippen molar-refractivity contribution in [2.75, 3.05) is 17.3 Å². The van der Waals surface area contributed by atoms with Crippen molar-refractivity contribution in [1.82, 2.24) is 10.2 Å². The third kappa shape index (κ3) is 4.32. The third-order valence-electron chi connectivity index (χ3n) is 5.72. The van der Waals surface area contributed by atoms with Gasteiger partial charge in [-0.25, -0.2) is 13.6 Å². The Hall–Kier alpha value is -4.28. The summed E-state index contributed by atoms with van der Waals surface area (Å²) in [7, 11) is -2.35. The van der Waals surface area contributed by atoms with E-state index in [2.05, 4.69) is 15.5 Å². The number of amides is 1. The highest BCUT2D eigenvalue weighted by atomic mass is 32.2. The predicted octanol–water partition coefficient (Wildman–Crippen LogP) is 3.63. The normalized spacial score (nSPS) is 15.3. The molecule has 3 N–H and O–H groups in total. The van der Waals surface area contributed by atoms with Crippen molar-refractivity contribution in [3.8, 4) is 17.0 Å². The van der Waals surface area contributed by atoms with Gasteiger partial charge in [0.05, 0.1) is 29.1 Å². The zero-order valence-electron chi connectivity index (χ0n) is 18.6. The van der Waals surface area contributed by atoms with Crippen LogP contribution in [-0.4, -0.2) is 31.6 Å². The Morgan fingerprint density at radius 1 is 0.943 bits per heavy atom. The second-order valence-electron chi connectivity index (χ2n) is 7.90. The van der Waals surface area contributed by atoms with Crippen LogP contribution in [0.4, 0.5) is 17.2 Å². The Bertz CT molecular complexity index is 1490. The Kier molecular flexibility index (Phi) is 5.67. The van der Waals surface area contributed by atoms with Crippen LogP contribution in [0.25, 0.3) is 11.3 Å². The second-order valence-corrected chi connectivity index (χ2v) is 9.46. The highest BCUT2D eigenvalue weighted by Gasteiger charge is 2.36. The topological polar surface area (TPSA) is 128 Å². The molecule has 0 spiro atoms. The van der Waals surface area contributed by atoms with Crippen LogP contribution in [0, 0.1) is 0 Å². The molecule has 1 aliphatic rings. The van der Waals surface area contributed by atoms with Gasteiger partial charge in [0.1, 0.15) is 11.8 Å². The quantitative estimate of drug-likeness (QED) is 0.440. The number of methoxy groups -OCH3 is 1. The molecule has 4 aromatic rings. The lowest BCUT2D eigenvalue weighted by Gasteiger charge is -2.37. The first-order valence-electron chi connectivity index (χ1n) is 10.7. The molecule has 1 aliphatic heterocycles. The van der Waals surface area contributed by atoms with Crippen LogP contribution < -0.4 is 20.1 Å². The zero-order chi connectivity index (χ0) is 24.6. The average molecular weight is 488 g/mol. The van der Waals surface area contributed by atoms with E-state index in [0.717, 1.165) is 16.9 Å². The monoisotopic (exact) mass is 487 g/mol. The van der Waals surface area contributed by atoms with E-state index in [1.54, 1.807) is 24.1 Å². The molecule has 1 unspecified atom stereocenters. The summed E-state index contributed by atoms with van der Waals surface area (Å²) in [6, 6.07) is 23.9. The van der Waals surface area contributed by atoms with E-state index >= 15 is 0 Å². The molecule has 0 radical (unpaired) electrons. The Morgan fingerprint density at radius 3 is 2.31 bits per heavy atom. The van der Waals surface area contributed by atoms with Crippen molar-refractivity contribution in [1.29, 1.82) is 0 Å². The van der Waals surface area contributed by atoms with Gasteiger partial charge in [0.2, 0.25) is 10.0 Å². The highest BCUT2D eigenvalue weighted by molar-refractivity contribution is 7.89. The van der Waals surface area contributed by atoms with Gasteiger partial charge in [0, 0.05) is 5.56 Å². The van der Waals surface area contributed by atoms with E-state index in [1.165, 1.54) is 12.1 Å². The molecule has 1 aromatic heterocycles. The molecule has 0 saturated carbocycles. The molecule has 9 nitrogen and oxygen atoms in total. The van der Waals surface area contributed by atoms with Crippen molar-refractivity contribution < 1.29 is 17.9 Å². The standard InChI is InChI=1S/C25H21N5O4S/c1-34-18-9-7-16(8-10-18)20-12-14-23(29-28-20)30-22-13-11-19(35(26,32)33)15-21(22)27-25(31)24(30)17-5-3-2-4-6-17/h2-15,24H,1H3,(H,27,31)(H2,26,32,33). The van der Waals surface area contributed by atoms with Crippen molar-refractivity contribution >= 4 is 33.1 Å². The first kappa shape index (κ1) is 22.5. The summed E-state index contributed by atoms with van der Waals surface area (Å²) in [6.07, 6.45) is 0. The van der Waals surface area contributed by atoms with Crippen LogP contribution >= 0.6 is 0 Å². The Labute approximate surface area is 202 Å². The lowest BCUT2D eigenvalue weighted by atomic mass is 10.00. The van der Waals surface area contributed by atoms with Crippen LogP contribution in [0.3, 0.4) is 0 Å². The molecule has 176 valence electrons. The summed E-state index contributed by atoms with van der Waals surface area (Å²) >= 11 is 0. The predicted molar refractivity (Wildman–Crippen MR) is 132 cm³/mol. The Balaban J connectivity index is 1.61. The number of nitrogens with one attached hydrogen (secondary N) is 1. The largest absolute Gasteiger partial charge is 0.497 e. The molecular formula is C25H21N5O4S. The molecule has 1 amide bonds. The van der Waals surface area contributed by atoms with Gasteiger partial charge in [-0.15, -0.1) is 10.2 Å². The van der Waals surface area contributed by atoms with E-state index in [0.29, 0.717) is 22.9 Å². The molecule has 5 rings (SSSR count). The maximum atomic E-state index is 13.3. The number of hydrogen-bond acceptors (Lipinski definition) is 7. The summed E-state index contributed by atoms with van der Waals surface area (Å²) in [6.45, 7) is 0. The molecule has 0 fully saturated rings. The number of rotatable bonds is 5. The van der Waals surface area contributed by atoms with Gasteiger partial charge in [0.25, 0.3) is 5.91 Å². The summed E-state index contributed by atoms with van der Waals surface area (Å²) in [5.74, 6) is 0.825. The number of sulfonamides is 1. The molecule has 3 aromatic carbocycles. The van der Waals surface area contributed by atoms with E-state index in [4.69, 9.17) is 9.88 Å². The third-order valence-corrected chi connectivity index (χ3v) is 6.63. The number of ether oxygens (including phenoxy) is 1. The number of aromatic nitrogens is 2. The number of carbonyl (C=O) groups is 1.